The van der Waals surface area contributed by atoms with Gasteiger partial charge in [0.15, 0.2) is 0 Å². The molecule has 0 aromatic carbocycles. The van der Waals surface area contributed by atoms with Crippen molar-refractivity contribution in [2.45, 2.75) is 26.3 Å². The van der Waals surface area contributed by atoms with Gasteiger partial charge < -0.3 is 10.6 Å². The smallest absolute Gasteiger partial charge is 0.247 e. The van der Waals surface area contributed by atoms with Crippen molar-refractivity contribution in [3.63, 3.8) is 0 Å². The van der Waals surface area contributed by atoms with E-state index in [1.54, 1.807) is 0 Å². The van der Waals surface area contributed by atoms with Gasteiger partial charge in [-0.2, -0.15) is 0 Å². The summed E-state index contributed by atoms with van der Waals surface area (Å²) in [6.45, 7) is 6.02. The van der Waals surface area contributed by atoms with Gasteiger partial charge >= 0.3 is 0 Å². The fraction of sp³-hybridized carbons (Fsp3) is 0.700. The van der Waals surface area contributed by atoms with Crippen LogP contribution in [-0.4, -0.2) is 25.0 Å². The third-order valence-electron chi connectivity index (χ3n) is 3.29. The first-order valence-corrected chi connectivity index (χ1v) is 4.89. The topological polar surface area (TPSA) is 41.1 Å². The maximum absolute atomic E-state index is 11.5. The molecule has 3 nitrogen and oxygen atoms in total. The number of hydrogen-bond acceptors (Lipinski definition) is 2. The maximum atomic E-state index is 11.5. The Morgan fingerprint density at radius 2 is 2.15 bits per heavy atom. The number of hydrogen-bond donors (Lipinski definition) is 2. The molecule has 13 heavy (non-hydrogen) atoms. The normalized spacial score (nSPS) is 34.2. The van der Waals surface area contributed by atoms with Gasteiger partial charge in [-0.25, -0.2) is 0 Å². The lowest BCUT2D eigenvalue weighted by atomic mass is 9.82. The molecule has 2 unspecified atom stereocenters. The lowest BCUT2D eigenvalue weighted by Crippen LogP contribution is -2.53. The summed E-state index contributed by atoms with van der Waals surface area (Å²) in [5.74, 6) is 0.645. The monoisotopic (exact) mass is 180 g/mol. The third kappa shape index (κ3) is 1.37. The molecule has 2 rings (SSSR count). The molecule has 1 fully saturated rings. The number of amides is 1. The molecule has 0 aromatic heterocycles. The highest BCUT2D eigenvalue weighted by atomic mass is 16.1. The van der Waals surface area contributed by atoms with Crippen LogP contribution in [0.2, 0.25) is 0 Å². The molecule has 1 amide bonds. The summed E-state index contributed by atoms with van der Waals surface area (Å²) in [6, 6.07) is 0.373. The van der Waals surface area contributed by atoms with Crippen LogP contribution in [-0.2, 0) is 4.79 Å². The van der Waals surface area contributed by atoms with E-state index in [0.29, 0.717) is 12.0 Å². The molecule has 2 aliphatic rings. The van der Waals surface area contributed by atoms with Gasteiger partial charge in [-0.05, 0) is 26.8 Å². The second kappa shape index (κ2) is 3.14. The first-order valence-electron chi connectivity index (χ1n) is 4.89. The fourth-order valence-electron chi connectivity index (χ4n) is 2.22. The van der Waals surface area contributed by atoms with Crippen molar-refractivity contribution >= 4 is 5.91 Å². The SMILES string of the molecule is CC1=C(C)C2CNCCC2NC1=O. The van der Waals surface area contributed by atoms with Gasteiger partial charge in [0.1, 0.15) is 0 Å². The van der Waals surface area contributed by atoms with Crippen LogP contribution < -0.4 is 10.6 Å². The number of carbonyl (C=O) groups excluding carboxylic acids is 1. The first kappa shape index (κ1) is 8.75. The Bertz CT molecular complexity index is 270. The quantitative estimate of drug-likeness (QED) is 0.567. The van der Waals surface area contributed by atoms with Crippen molar-refractivity contribution in [3.8, 4) is 0 Å². The molecule has 2 heterocycles. The Balaban J connectivity index is 2.28. The Kier molecular flexibility index (Phi) is 2.12. The van der Waals surface area contributed by atoms with Gasteiger partial charge in [0, 0.05) is 24.1 Å². The van der Waals surface area contributed by atoms with Crippen LogP contribution in [0.4, 0.5) is 0 Å². The Hall–Kier alpha value is -0.830. The van der Waals surface area contributed by atoms with E-state index in [4.69, 9.17) is 0 Å². The van der Waals surface area contributed by atoms with Gasteiger partial charge in [0.25, 0.3) is 0 Å². The zero-order chi connectivity index (χ0) is 9.42. The number of piperidine rings is 1. The molecule has 0 spiro atoms. The minimum absolute atomic E-state index is 0.126. The first-order chi connectivity index (χ1) is 6.20. The van der Waals surface area contributed by atoms with Crippen molar-refractivity contribution in [2.24, 2.45) is 5.92 Å². The number of nitrogens with one attached hydrogen (secondary N) is 2. The van der Waals surface area contributed by atoms with E-state index < -0.39 is 0 Å². The summed E-state index contributed by atoms with van der Waals surface area (Å²) in [7, 11) is 0. The van der Waals surface area contributed by atoms with E-state index in [-0.39, 0.29) is 5.91 Å². The van der Waals surface area contributed by atoms with Crippen molar-refractivity contribution in [2.75, 3.05) is 13.1 Å². The van der Waals surface area contributed by atoms with E-state index in [2.05, 4.69) is 17.6 Å². The van der Waals surface area contributed by atoms with E-state index in [9.17, 15) is 4.79 Å². The summed E-state index contributed by atoms with van der Waals surface area (Å²) < 4.78 is 0. The van der Waals surface area contributed by atoms with Crippen LogP contribution in [0.3, 0.4) is 0 Å². The van der Waals surface area contributed by atoms with E-state index in [1.807, 2.05) is 6.92 Å². The highest BCUT2D eigenvalue weighted by Gasteiger charge is 2.33. The summed E-state index contributed by atoms with van der Waals surface area (Å²) in [5.41, 5.74) is 2.17. The minimum Gasteiger partial charge on any atom is -0.349 e. The zero-order valence-corrected chi connectivity index (χ0v) is 8.18. The molecule has 3 heteroatoms. The molecule has 72 valence electrons. The molecule has 0 aromatic rings. The third-order valence-corrected chi connectivity index (χ3v) is 3.29. The highest BCUT2D eigenvalue weighted by molar-refractivity contribution is 5.94. The van der Waals surface area contributed by atoms with Crippen molar-refractivity contribution in [3.05, 3.63) is 11.1 Å². The molecule has 1 saturated heterocycles. The average Bonchev–Trinajstić information content (AvgIpc) is 2.15. The lowest BCUT2D eigenvalue weighted by Gasteiger charge is -2.37. The van der Waals surface area contributed by atoms with Gasteiger partial charge in [-0.15, -0.1) is 0 Å². The minimum atomic E-state index is 0.126. The van der Waals surface area contributed by atoms with Gasteiger partial charge in [-0.3, -0.25) is 4.79 Å². The predicted octanol–water partition coefficient (Wildman–Crippen LogP) is 0.431. The second-order valence-electron chi connectivity index (χ2n) is 3.99. The maximum Gasteiger partial charge on any atom is 0.247 e. The molecule has 0 aliphatic carbocycles. The van der Waals surface area contributed by atoms with Crippen LogP contribution in [0.1, 0.15) is 20.3 Å². The molecule has 0 radical (unpaired) electrons. The van der Waals surface area contributed by atoms with Crippen LogP contribution >= 0.6 is 0 Å². The molecular weight excluding hydrogens is 164 g/mol. The van der Waals surface area contributed by atoms with Crippen molar-refractivity contribution in [1.82, 2.24) is 10.6 Å². The summed E-state index contributed by atoms with van der Waals surface area (Å²) in [5, 5.41) is 6.43. The Morgan fingerprint density at radius 1 is 1.38 bits per heavy atom. The Morgan fingerprint density at radius 3 is 2.92 bits per heavy atom. The second-order valence-corrected chi connectivity index (χ2v) is 3.99. The van der Waals surface area contributed by atoms with Crippen LogP contribution in [0.15, 0.2) is 11.1 Å². The van der Waals surface area contributed by atoms with Crippen LogP contribution in [0, 0.1) is 5.92 Å². The van der Waals surface area contributed by atoms with Crippen molar-refractivity contribution in [1.29, 1.82) is 0 Å². The standard InChI is InChI=1S/C10H16N2O/c1-6-7(2)10(13)12-9-3-4-11-5-8(6)9/h8-9,11H,3-5H2,1-2H3,(H,12,13). The van der Waals surface area contributed by atoms with E-state index >= 15 is 0 Å². The number of fused-ring (bicyclic) bond motifs is 1. The van der Waals surface area contributed by atoms with Crippen LogP contribution in [0.5, 0.6) is 0 Å². The van der Waals surface area contributed by atoms with Gasteiger partial charge in [-0.1, -0.05) is 5.57 Å². The largest absolute Gasteiger partial charge is 0.349 e. The number of rotatable bonds is 0. The summed E-state index contributed by atoms with van der Waals surface area (Å²) >= 11 is 0. The molecule has 0 bridgehead atoms. The molecule has 2 aliphatic heterocycles. The predicted molar refractivity (Wildman–Crippen MR) is 51.3 cm³/mol. The van der Waals surface area contributed by atoms with Gasteiger partial charge in [0.2, 0.25) is 5.91 Å². The lowest BCUT2D eigenvalue weighted by molar-refractivity contribution is -0.119. The van der Waals surface area contributed by atoms with E-state index in [0.717, 1.165) is 25.1 Å². The molecular formula is C10H16N2O. The average molecular weight is 180 g/mol. The van der Waals surface area contributed by atoms with E-state index in [1.165, 1.54) is 5.57 Å². The summed E-state index contributed by atoms with van der Waals surface area (Å²) in [6.07, 6.45) is 1.06. The summed E-state index contributed by atoms with van der Waals surface area (Å²) in [4.78, 5) is 11.5. The highest BCUT2D eigenvalue weighted by Crippen LogP contribution is 2.26. The molecule has 2 atom stereocenters. The van der Waals surface area contributed by atoms with Crippen molar-refractivity contribution < 1.29 is 4.79 Å². The zero-order valence-electron chi connectivity index (χ0n) is 8.18. The molecule has 2 N–H and O–H groups in total. The van der Waals surface area contributed by atoms with Crippen LogP contribution in [0.25, 0.3) is 0 Å². The Labute approximate surface area is 78.6 Å². The molecule has 0 saturated carbocycles. The fourth-order valence-corrected chi connectivity index (χ4v) is 2.22. The number of carbonyl (C=O) groups is 1. The van der Waals surface area contributed by atoms with Gasteiger partial charge in [0.05, 0.1) is 0 Å².